The second-order valence-electron chi connectivity index (χ2n) is 14.0. The second kappa shape index (κ2) is 15.0. The van der Waals surface area contributed by atoms with Crippen molar-refractivity contribution in [1.82, 2.24) is 24.4 Å². The average Bonchev–Trinajstić information content (AvgIpc) is 3.68. The summed E-state index contributed by atoms with van der Waals surface area (Å²) in [7, 11) is 1.51. The Bertz CT molecular complexity index is 2730. The number of aromatic nitrogens is 4. The lowest BCUT2D eigenvalue weighted by atomic mass is 9.99. The highest BCUT2D eigenvalue weighted by Gasteiger charge is 2.46. The van der Waals surface area contributed by atoms with Gasteiger partial charge in [0.15, 0.2) is 0 Å². The molecule has 1 fully saturated rings. The molecule has 3 aromatic carbocycles. The molecule has 0 radical (unpaired) electrons. The number of morpholine rings is 1. The summed E-state index contributed by atoms with van der Waals surface area (Å²) < 4.78 is 76.1. The van der Waals surface area contributed by atoms with Crippen molar-refractivity contribution in [3.8, 4) is 17.2 Å². The third kappa shape index (κ3) is 7.01. The fraction of sp³-hybridized carbons (Fsp3) is 0.268. The first-order valence-corrected chi connectivity index (χ1v) is 18.2. The van der Waals surface area contributed by atoms with E-state index in [-0.39, 0.29) is 53.2 Å². The number of carbonyl (C=O) groups excluding carboxylic acids is 2. The lowest BCUT2D eigenvalue weighted by molar-refractivity contribution is -0.167. The van der Waals surface area contributed by atoms with Crippen LogP contribution in [0, 0.1) is 12.7 Å². The second-order valence-corrected chi connectivity index (χ2v) is 14.0. The third-order valence-electron chi connectivity index (χ3n) is 10.4. The summed E-state index contributed by atoms with van der Waals surface area (Å²) in [4.78, 5) is 64.8. The predicted octanol–water partition coefficient (Wildman–Crippen LogP) is 4.73. The average molecular weight is 799 g/mol. The fourth-order valence-electron chi connectivity index (χ4n) is 7.49. The maximum atomic E-state index is 15.9. The van der Waals surface area contributed by atoms with E-state index in [2.05, 4.69) is 15.3 Å². The number of nitrogens with one attached hydrogen (secondary N) is 1. The Morgan fingerprint density at radius 2 is 1.86 bits per heavy atom. The molecule has 5 heterocycles. The largest absolute Gasteiger partial charge is 0.493 e. The number of aryl methyl sites for hydroxylation is 2. The van der Waals surface area contributed by atoms with Crippen LogP contribution in [0.25, 0.3) is 27.5 Å². The van der Waals surface area contributed by atoms with Gasteiger partial charge in [0.25, 0.3) is 11.5 Å². The number of rotatable bonds is 8. The van der Waals surface area contributed by atoms with Gasteiger partial charge in [-0.1, -0.05) is 18.2 Å². The van der Waals surface area contributed by atoms with Crippen molar-refractivity contribution in [3.63, 3.8) is 0 Å². The molecule has 1 saturated heterocycles. The van der Waals surface area contributed by atoms with E-state index in [1.165, 1.54) is 55.3 Å². The molecule has 0 aliphatic carbocycles. The minimum atomic E-state index is -4.66. The van der Waals surface area contributed by atoms with Crippen molar-refractivity contribution >= 4 is 39.4 Å². The maximum Gasteiger partial charge on any atom is 0.411 e. The van der Waals surface area contributed by atoms with Crippen LogP contribution >= 0.6 is 0 Å². The zero-order valence-electron chi connectivity index (χ0n) is 31.0. The van der Waals surface area contributed by atoms with E-state index in [1.807, 2.05) is 0 Å². The number of alkyl halides is 3. The molecule has 2 aliphatic rings. The van der Waals surface area contributed by atoms with Crippen LogP contribution in [0.15, 0.2) is 88.8 Å². The van der Waals surface area contributed by atoms with Gasteiger partial charge in [-0.05, 0) is 60.0 Å². The summed E-state index contributed by atoms with van der Waals surface area (Å²) in [5.74, 6) is -2.37. The normalized spacial score (nSPS) is 15.9. The molecule has 17 heteroatoms. The first-order valence-electron chi connectivity index (χ1n) is 18.2. The zero-order chi connectivity index (χ0) is 40.9. The number of carbonyl (C=O) groups is 2. The number of pyridine rings is 2. The molecular weight excluding hydrogens is 764 g/mol. The van der Waals surface area contributed by atoms with Gasteiger partial charge in [-0.15, -0.1) is 0 Å². The summed E-state index contributed by atoms with van der Waals surface area (Å²) in [6.45, 7) is 1.05. The minimum Gasteiger partial charge on any atom is -0.493 e. The van der Waals surface area contributed by atoms with Gasteiger partial charge in [-0.3, -0.25) is 24.1 Å². The van der Waals surface area contributed by atoms with Crippen LogP contribution in [0.5, 0.6) is 11.5 Å². The number of fused-ring (bicyclic) bond motifs is 3. The van der Waals surface area contributed by atoms with Crippen LogP contribution in [-0.2, 0) is 29.4 Å². The highest BCUT2D eigenvalue weighted by Crippen LogP contribution is 2.34. The van der Waals surface area contributed by atoms with Crippen LogP contribution in [0.4, 0.5) is 23.2 Å². The lowest BCUT2D eigenvalue weighted by Crippen LogP contribution is -2.53. The molecule has 0 bridgehead atoms. The van der Waals surface area contributed by atoms with Gasteiger partial charge in [0.1, 0.15) is 29.4 Å². The van der Waals surface area contributed by atoms with Crippen molar-refractivity contribution in [2.75, 3.05) is 31.3 Å². The summed E-state index contributed by atoms with van der Waals surface area (Å²) in [5, 5.41) is 3.26. The number of nitrogens with zero attached hydrogens (tertiary/aromatic N) is 5. The van der Waals surface area contributed by atoms with Crippen molar-refractivity contribution in [1.29, 1.82) is 0 Å². The predicted molar refractivity (Wildman–Crippen MR) is 203 cm³/mol. The minimum absolute atomic E-state index is 0.00579. The molecule has 2 aliphatic heterocycles. The number of benzene rings is 3. The van der Waals surface area contributed by atoms with Crippen LogP contribution < -0.4 is 30.9 Å². The molecule has 6 aromatic rings. The molecule has 3 aromatic heterocycles. The highest BCUT2D eigenvalue weighted by atomic mass is 19.4. The van der Waals surface area contributed by atoms with E-state index in [9.17, 15) is 32.3 Å². The number of ether oxygens (including phenoxy) is 3. The van der Waals surface area contributed by atoms with E-state index >= 15 is 4.39 Å². The Hall–Kier alpha value is -6.62. The Morgan fingerprint density at radius 3 is 2.66 bits per heavy atom. The quantitative estimate of drug-likeness (QED) is 0.130. The van der Waals surface area contributed by atoms with Crippen molar-refractivity contribution in [2.45, 2.75) is 38.0 Å². The molecule has 0 spiro atoms. The van der Waals surface area contributed by atoms with Crippen molar-refractivity contribution in [2.24, 2.45) is 7.05 Å². The van der Waals surface area contributed by atoms with E-state index in [0.717, 1.165) is 21.1 Å². The topological polar surface area (TPSA) is 147 Å². The van der Waals surface area contributed by atoms with Crippen LogP contribution in [0.3, 0.4) is 0 Å². The highest BCUT2D eigenvalue weighted by molar-refractivity contribution is 5.99. The molecule has 1 unspecified atom stereocenters. The van der Waals surface area contributed by atoms with Gasteiger partial charge in [0.2, 0.25) is 0 Å². The Labute approximate surface area is 326 Å². The Balaban J connectivity index is 1.16. The van der Waals surface area contributed by atoms with Crippen LogP contribution in [-0.4, -0.2) is 75.6 Å². The van der Waals surface area contributed by atoms with Gasteiger partial charge in [-0.2, -0.15) is 13.2 Å². The number of esters is 1. The number of hydrogen-bond donors (Lipinski definition) is 1. The van der Waals surface area contributed by atoms with Crippen LogP contribution in [0.1, 0.15) is 27.0 Å². The van der Waals surface area contributed by atoms with Gasteiger partial charge in [0, 0.05) is 56.0 Å². The maximum absolute atomic E-state index is 15.9. The van der Waals surface area contributed by atoms with Gasteiger partial charge < -0.3 is 24.4 Å². The number of anilines is 1. The first-order chi connectivity index (χ1) is 27.8. The summed E-state index contributed by atoms with van der Waals surface area (Å²) in [5.41, 5.74) is 0.323. The molecule has 58 heavy (non-hydrogen) atoms. The number of hydrogen-bond acceptors (Lipinski definition) is 10. The standard InChI is InChI=1S/C41H34F4N6O7/c1-22-16-25(50-13-15-56-21-34(50)41(43,44)45)18-29(42)35(22)37(52)48-30(39(54)58-26-7-5-23-10-14-57-33(23)19-26)17-24-6-8-31(36-27(24)4-3-11-47-36)51-38(53)28-9-12-46-20-32(28)49(2)40(51)55/h3-9,11-12,16,18-20,30,34H,10,13-15,17,21H2,1-2H3,(H,48,52)/t30?,34-/m1/s1. The van der Waals surface area contributed by atoms with E-state index in [1.54, 1.807) is 36.4 Å². The smallest absolute Gasteiger partial charge is 0.411 e. The first kappa shape index (κ1) is 38.3. The van der Waals surface area contributed by atoms with E-state index in [4.69, 9.17) is 14.2 Å². The Kier molecular flexibility index (Phi) is 9.92. The molecule has 8 rings (SSSR count). The van der Waals surface area contributed by atoms with Crippen molar-refractivity contribution < 1.29 is 41.4 Å². The zero-order valence-corrected chi connectivity index (χ0v) is 31.0. The molecule has 1 N–H and O–H groups in total. The molecular formula is C41H34F4N6O7. The summed E-state index contributed by atoms with van der Waals surface area (Å²) >= 11 is 0. The van der Waals surface area contributed by atoms with Crippen molar-refractivity contribution in [3.05, 3.63) is 128 Å². The molecule has 13 nitrogen and oxygen atoms in total. The molecule has 0 saturated carbocycles. The van der Waals surface area contributed by atoms with Gasteiger partial charge in [-0.25, -0.2) is 18.5 Å². The van der Waals surface area contributed by atoms with E-state index < -0.39 is 59.4 Å². The number of halogens is 4. The number of amides is 1. The molecule has 1 amide bonds. The Morgan fingerprint density at radius 1 is 1.03 bits per heavy atom. The van der Waals surface area contributed by atoms with E-state index in [0.29, 0.717) is 35.2 Å². The van der Waals surface area contributed by atoms with Crippen LogP contribution in [0.2, 0.25) is 0 Å². The van der Waals surface area contributed by atoms with Gasteiger partial charge in [0.05, 0.1) is 53.7 Å². The molecule has 298 valence electrons. The fourth-order valence-corrected chi connectivity index (χ4v) is 7.49. The van der Waals surface area contributed by atoms with Gasteiger partial charge >= 0.3 is 17.8 Å². The SMILES string of the molecule is Cc1cc(N2CCOC[C@@H]2C(F)(F)F)cc(F)c1C(=O)NC(Cc1ccc(-n2c(=O)c3ccncc3n(C)c2=O)c2ncccc12)C(=O)Oc1ccc2c(c1)OCC2. The summed E-state index contributed by atoms with van der Waals surface area (Å²) in [6.07, 6.45) is 0.125. The third-order valence-corrected chi connectivity index (χ3v) is 10.4. The summed E-state index contributed by atoms with van der Waals surface area (Å²) in [6, 6.07) is 11.4. The molecule has 2 atom stereocenters. The lowest BCUT2D eigenvalue weighted by Gasteiger charge is -2.38. The monoisotopic (exact) mass is 798 g/mol.